The first-order valence-electron chi connectivity index (χ1n) is 25.6. The third-order valence-electron chi connectivity index (χ3n) is 10.7. The van der Waals surface area contributed by atoms with Gasteiger partial charge in [0.25, 0.3) is 7.82 Å². The Balaban J connectivity index is 4.29. The van der Waals surface area contributed by atoms with E-state index in [1.165, 1.54) is 77.0 Å². The van der Waals surface area contributed by atoms with Crippen LogP contribution in [0.1, 0.15) is 206 Å². The highest BCUT2D eigenvalue weighted by molar-refractivity contribution is 7.45. The van der Waals surface area contributed by atoms with Crippen molar-refractivity contribution in [1.29, 1.82) is 0 Å². The molecule has 0 fully saturated rings. The van der Waals surface area contributed by atoms with Crippen molar-refractivity contribution in [3.8, 4) is 0 Å². The predicted molar refractivity (Wildman–Crippen MR) is 268 cm³/mol. The van der Waals surface area contributed by atoms with Crippen LogP contribution in [0.2, 0.25) is 0 Å². The van der Waals surface area contributed by atoms with E-state index in [2.05, 4.69) is 86.8 Å². The van der Waals surface area contributed by atoms with Crippen molar-refractivity contribution in [3.05, 3.63) is 72.9 Å². The van der Waals surface area contributed by atoms with Crippen LogP contribution in [0.4, 0.5) is 0 Å². The molecule has 64 heavy (non-hydrogen) atoms. The predicted octanol–water partition coefficient (Wildman–Crippen LogP) is 14.7. The van der Waals surface area contributed by atoms with Gasteiger partial charge in [0.15, 0.2) is 6.10 Å². The maximum atomic E-state index is 12.7. The number of unbranched alkanes of at least 4 members (excludes halogenated alkanes) is 20. The van der Waals surface area contributed by atoms with E-state index in [9.17, 15) is 19.0 Å². The molecule has 0 rings (SSSR count). The van der Waals surface area contributed by atoms with Crippen LogP contribution in [0.25, 0.3) is 0 Å². The monoisotopic (exact) mass is 918 g/mol. The van der Waals surface area contributed by atoms with Gasteiger partial charge in [0.05, 0.1) is 27.7 Å². The Labute approximate surface area is 393 Å². The van der Waals surface area contributed by atoms with E-state index in [0.717, 1.165) is 96.3 Å². The van der Waals surface area contributed by atoms with Crippen molar-refractivity contribution in [2.75, 3.05) is 47.5 Å². The molecule has 0 saturated carbocycles. The highest BCUT2D eigenvalue weighted by Crippen LogP contribution is 2.38. The topological polar surface area (TPSA) is 111 Å². The minimum Gasteiger partial charge on any atom is -0.756 e. The van der Waals surface area contributed by atoms with Gasteiger partial charge in [0.1, 0.15) is 19.8 Å². The number of allylic oxidation sites excluding steroid dienone is 12. The van der Waals surface area contributed by atoms with Gasteiger partial charge < -0.3 is 27.9 Å². The minimum atomic E-state index is -4.64. The lowest BCUT2D eigenvalue weighted by Crippen LogP contribution is -2.37. The number of likely N-dealkylation sites (N-methyl/N-ethyl adjacent to an activating group) is 1. The summed E-state index contributed by atoms with van der Waals surface area (Å²) in [5, 5.41) is 0. The zero-order valence-electron chi connectivity index (χ0n) is 41.7. The molecule has 370 valence electrons. The van der Waals surface area contributed by atoms with Crippen LogP contribution in [-0.2, 0) is 32.7 Å². The zero-order chi connectivity index (χ0) is 47.1. The molecule has 0 heterocycles. The highest BCUT2D eigenvalue weighted by Gasteiger charge is 2.21. The van der Waals surface area contributed by atoms with Gasteiger partial charge in [-0.1, -0.05) is 202 Å². The Morgan fingerprint density at radius 1 is 0.500 bits per heavy atom. The van der Waals surface area contributed by atoms with E-state index in [1.807, 2.05) is 21.1 Å². The van der Waals surface area contributed by atoms with Crippen LogP contribution in [0.3, 0.4) is 0 Å². The molecule has 0 aliphatic carbocycles. The molecule has 2 unspecified atom stereocenters. The number of quaternary nitrogens is 1. The molecule has 0 aromatic carbocycles. The van der Waals surface area contributed by atoms with Crippen LogP contribution in [0.5, 0.6) is 0 Å². The summed E-state index contributed by atoms with van der Waals surface area (Å²) < 4.78 is 34.0. The fourth-order valence-corrected chi connectivity index (χ4v) is 7.50. The van der Waals surface area contributed by atoms with Crippen LogP contribution < -0.4 is 4.89 Å². The Hall–Kier alpha value is -2.55. The molecule has 10 heteroatoms. The molecule has 0 aliphatic rings. The summed E-state index contributed by atoms with van der Waals surface area (Å²) in [7, 11) is 1.15. The second-order valence-electron chi connectivity index (χ2n) is 18.2. The lowest BCUT2D eigenvalue weighted by Gasteiger charge is -2.28. The summed E-state index contributed by atoms with van der Waals surface area (Å²) >= 11 is 0. The standard InChI is InChI=1S/C54H96NO8P/c1-6-8-10-12-14-16-18-20-22-23-24-25-26-27-28-29-30-31-33-35-37-39-41-43-45-47-54(57)63-52(51-62-64(58,59)61-49-48-55(3,4)5)50-60-53(56)46-44-42-40-38-36-34-32-21-19-17-15-13-11-9-7-2/h8,10,14,16,20,22,24-25,27-28,30-31,52H,6-7,9,11-13,15,17-19,21,23,26,29,32-51H2,1-5H3/b10-8-,16-14-,22-20-,25-24-,28-27-,31-30-. The van der Waals surface area contributed by atoms with Crippen molar-refractivity contribution in [3.63, 3.8) is 0 Å². The number of nitrogens with zero attached hydrogens (tertiary/aromatic N) is 1. The van der Waals surface area contributed by atoms with E-state index in [0.29, 0.717) is 17.4 Å². The van der Waals surface area contributed by atoms with E-state index in [4.69, 9.17) is 18.5 Å². The zero-order valence-corrected chi connectivity index (χ0v) is 42.6. The lowest BCUT2D eigenvalue weighted by molar-refractivity contribution is -0.870. The third-order valence-corrected chi connectivity index (χ3v) is 11.7. The molecule has 0 spiro atoms. The van der Waals surface area contributed by atoms with Crippen LogP contribution in [0, 0.1) is 0 Å². The van der Waals surface area contributed by atoms with Crippen molar-refractivity contribution >= 4 is 19.8 Å². The molecule has 0 saturated heterocycles. The second-order valence-corrected chi connectivity index (χ2v) is 19.6. The first-order valence-corrected chi connectivity index (χ1v) is 27.1. The SMILES string of the molecule is CC/C=C\C/C=C\C/C=C\C/C=C\C/C=C\C/C=C\CCCCCCCCC(=O)OC(COC(=O)CCCCCCCCCCCCCCCCC)COP(=O)([O-])OCC[N+](C)(C)C. The Morgan fingerprint density at radius 3 is 1.33 bits per heavy atom. The summed E-state index contributed by atoms with van der Waals surface area (Å²) in [6.45, 7) is 4.11. The van der Waals surface area contributed by atoms with Gasteiger partial charge in [-0.15, -0.1) is 0 Å². The van der Waals surface area contributed by atoms with Crippen LogP contribution in [-0.4, -0.2) is 70.0 Å². The van der Waals surface area contributed by atoms with E-state index in [-0.39, 0.29) is 32.0 Å². The fraction of sp³-hybridized carbons (Fsp3) is 0.741. The van der Waals surface area contributed by atoms with E-state index < -0.39 is 26.5 Å². The molecule has 0 N–H and O–H groups in total. The second kappa shape index (κ2) is 45.6. The van der Waals surface area contributed by atoms with Gasteiger partial charge in [0, 0.05) is 12.8 Å². The normalized spacial score (nSPS) is 14.0. The number of phosphoric acid groups is 1. The van der Waals surface area contributed by atoms with Gasteiger partial charge in [0.2, 0.25) is 0 Å². The number of esters is 2. The molecule has 9 nitrogen and oxygen atoms in total. The van der Waals surface area contributed by atoms with Gasteiger partial charge >= 0.3 is 11.9 Å². The molecule has 0 bridgehead atoms. The third kappa shape index (κ3) is 48.9. The number of ether oxygens (including phenoxy) is 2. The number of rotatable bonds is 46. The summed E-state index contributed by atoms with van der Waals surface area (Å²) in [4.78, 5) is 37.7. The molecule has 0 aromatic rings. The molecule has 2 atom stereocenters. The molecule has 0 radical (unpaired) electrons. The summed E-state index contributed by atoms with van der Waals surface area (Å²) in [5.74, 6) is -0.850. The quantitative estimate of drug-likeness (QED) is 0.0195. The van der Waals surface area contributed by atoms with Crippen molar-refractivity contribution < 1.29 is 42.1 Å². The number of hydrogen-bond donors (Lipinski definition) is 0. The fourth-order valence-electron chi connectivity index (χ4n) is 6.78. The first kappa shape index (κ1) is 61.5. The van der Waals surface area contributed by atoms with Crippen molar-refractivity contribution in [1.82, 2.24) is 0 Å². The maximum absolute atomic E-state index is 12.7. The average Bonchev–Trinajstić information content (AvgIpc) is 3.25. The number of hydrogen-bond acceptors (Lipinski definition) is 8. The summed E-state index contributed by atoms with van der Waals surface area (Å²) in [6.07, 6.45) is 57.8. The van der Waals surface area contributed by atoms with Crippen LogP contribution in [0.15, 0.2) is 72.9 Å². The Kier molecular flexibility index (Phi) is 43.8. The lowest BCUT2D eigenvalue weighted by atomic mass is 10.0. The molecule has 0 aromatic heterocycles. The Morgan fingerprint density at radius 2 is 0.891 bits per heavy atom. The van der Waals surface area contributed by atoms with Crippen molar-refractivity contribution in [2.45, 2.75) is 213 Å². The van der Waals surface area contributed by atoms with E-state index >= 15 is 0 Å². The molecular weight excluding hydrogens is 822 g/mol. The average molecular weight is 918 g/mol. The number of carbonyl (C=O) groups is 2. The van der Waals surface area contributed by atoms with Gasteiger partial charge in [-0.3, -0.25) is 14.2 Å². The highest BCUT2D eigenvalue weighted by atomic mass is 31.2. The largest absolute Gasteiger partial charge is 0.756 e. The molecular formula is C54H96NO8P. The maximum Gasteiger partial charge on any atom is 0.306 e. The number of phosphoric ester groups is 1. The van der Waals surface area contributed by atoms with Gasteiger partial charge in [-0.2, -0.15) is 0 Å². The molecule has 0 amide bonds. The Bertz CT molecular complexity index is 1310. The first-order chi connectivity index (χ1) is 31.0. The summed E-state index contributed by atoms with van der Waals surface area (Å²) in [5.41, 5.74) is 0. The van der Waals surface area contributed by atoms with E-state index in [1.54, 1.807) is 0 Å². The van der Waals surface area contributed by atoms with Crippen LogP contribution >= 0.6 is 7.82 Å². The molecule has 0 aliphatic heterocycles. The number of carbonyl (C=O) groups excluding carboxylic acids is 2. The van der Waals surface area contributed by atoms with Gasteiger partial charge in [-0.25, -0.2) is 0 Å². The van der Waals surface area contributed by atoms with Crippen molar-refractivity contribution in [2.24, 2.45) is 0 Å². The van der Waals surface area contributed by atoms with Gasteiger partial charge in [-0.05, 0) is 64.2 Å². The summed E-state index contributed by atoms with van der Waals surface area (Å²) in [6, 6.07) is 0. The smallest absolute Gasteiger partial charge is 0.306 e. The minimum absolute atomic E-state index is 0.0362.